The molecule has 2 rings (SSSR count). The van der Waals surface area contributed by atoms with Gasteiger partial charge in [-0.05, 0) is 18.6 Å². The lowest BCUT2D eigenvalue weighted by Crippen LogP contribution is -2.19. The lowest BCUT2D eigenvalue weighted by Gasteiger charge is -2.12. The number of halogens is 4. The number of thioether (sulfide) groups is 1. The number of rotatable bonds is 2. The maximum absolute atomic E-state index is 12.7. The van der Waals surface area contributed by atoms with Gasteiger partial charge in [-0.25, -0.2) is 0 Å². The molecule has 1 aliphatic rings. The normalized spacial score (nSPS) is 17.8. The Morgan fingerprint density at radius 1 is 1.43 bits per heavy atom. The fourth-order valence-corrected chi connectivity index (χ4v) is 2.48. The Morgan fingerprint density at radius 3 is 2.71 bits per heavy atom. The van der Waals surface area contributed by atoms with Crippen molar-refractivity contribution < 1.29 is 18.0 Å². The number of hydrogen-bond acceptors (Lipinski definition) is 4. The minimum Gasteiger partial charge on any atom is -0.303 e. The predicted molar refractivity (Wildman–Crippen MR) is 76.8 cm³/mol. The van der Waals surface area contributed by atoms with Gasteiger partial charge in [0, 0.05) is 5.56 Å². The van der Waals surface area contributed by atoms with E-state index in [0.29, 0.717) is 10.7 Å². The molecule has 112 valence electrons. The van der Waals surface area contributed by atoms with Gasteiger partial charge in [0.05, 0.1) is 22.6 Å². The van der Waals surface area contributed by atoms with Gasteiger partial charge in [0.25, 0.3) is 0 Å². The van der Waals surface area contributed by atoms with Gasteiger partial charge in [-0.1, -0.05) is 29.4 Å². The molecule has 4 nitrogen and oxygen atoms in total. The minimum atomic E-state index is -4.45. The Hall–Kier alpha value is -1.54. The molecule has 1 aromatic carbocycles. The second-order valence-corrected chi connectivity index (χ2v) is 5.47. The van der Waals surface area contributed by atoms with Crippen molar-refractivity contribution in [3.05, 3.63) is 33.8 Å². The third-order valence-electron chi connectivity index (χ3n) is 2.65. The number of carbonyl (C=O) groups excluding carboxylic acids is 1. The summed E-state index contributed by atoms with van der Waals surface area (Å²) in [5.74, 6) is 0.103. The molecule has 1 fully saturated rings. The molecule has 0 aromatic heterocycles. The van der Waals surface area contributed by atoms with E-state index < -0.39 is 11.7 Å². The van der Waals surface area contributed by atoms with E-state index >= 15 is 0 Å². The molecule has 0 unspecified atom stereocenters. The van der Waals surface area contributed by atoms with Crippen LogP contribution in [0, 0.1) is 6.92 Å². The van der Waals surface area contributed by atoms with E-state index in [2.05, 4.69) is 15.5 Å². The Morgan fingerprint density at radius 2 is 2.14 bits per heavy atom. The van der Waals surface area contributed by atoms with Crippen molar-refractivity contribution in [3.63, 3.8) is 0 Å². The van der Waals surface area contributed by atoms with Gasteiger partial charge in [-0.15, -0.1) is 5.10 Å². The van der Waals surface area contributed by atoms with Crippen LogP contribution < -0.4 is 5.32 Å². The molecule has 0 saturated carbocycles. The fourth-order valence-electron chi connectivity index (χ4n) is 1.64. The number of amides is 1. The van der Waals surface area contributed by atoms with Gasteiger partial charge in [0.1, 0.15) is 0 Å². The van der Waals surface area contributed by atoms with Crippen molar-refractivity contribution >= 4 is 40.7 Å². The lowest BCUT2D eigenvalue weighted by atomic mass is 10.1. The number of alkyl halides is 3. The topological polar surface area (TPSA) is 53.8 Å². The highest BCUT2D eigenvalue weighted by Crippen LogP contribution is 2.35. The summed E-state index contributed by atoms with van der Waals surface area (Å²) < 4.78 is 38.1. The van der Waals surface area contributed by atoms with E-state index in [9.17, 15) is 18.0 Å². The highest BCUT2D eigenvalue weighted by atomic mass is 35.5. The highest BCUT2D eigenvalue weighted by Gasteiger charge is 2.33. The Balaban J connectivity index is 2.22. The third kappa shape index (κ3) is 3.76. The van der Waals surface area contributed by atoms with Crippen LogP contribution in [-0.4, -0.2) is 23.0 Å². The zero-order chi connectivity index (χ0) is 15.6. The van der Waals surface area contributed by atoms with Crippen LogP contribution in [0.3, 0.4) is 0 Å². The molecule has 1 aromatic rings. The van der Waals surface area contributed by atoms with Crippen molar-refractivity contribution in [2.45, 2.75) is 13.1 Å². The van der Waals surface area contributed by atoms with Crippen LogP contribution in [0.25, 0.3) is 0 Å². The van der Waals surface area contributed by atoms with E-state index in [0.717, 1.165) is 6.07 Å². The van der Waals surface area contributed by atoms with Crippen molar-refractivity contribution in [1.82, 2.24) is 5.32 Å². The average molecular weight is 336 g/mol. The second-order valence-electron chi connectivity index (χ2n) is 4.13. The number of nitrogens with zero attached hydrogens (tertiary/aromatic N) is 2. The number of amidine groups is 1. The summed E-state index contributed by atoms with van der Waals surface area (Å²) in [6.45, 7) is 1.29. The molecular weight excluding hydrogens is 327 g/mol. The van der Waals surface area contributed by atoms with E-state index in [-0.39, 0.29) is 22.2 Å². The molecule has 21 heavy (non-hydrogen) atoms. The number of benzene rings is 1. The molecule has 1 N–H and O–H groups in total. The van der Waals surface area contributed by atoms with Gasteiger partial charge in [-0.3, -0.25) is 4.79 Å². The average Bonchev–Trinajstić information content (AvgIpc) is 2.79. The van der Waals surface area contributed by atoms with Gasteiger partial charge in [0.2, 0.25) is 5.91 Å². The maximum atomic E-state index is 12.7. The second kappa shape index (κ2) is 6.07. The predicted octanol–water partition coefficient (Wildman–Crippen LogP) is 3.22. The Labute approximate surface area is 127 Å². The fraction of sp³-hybridized carbons (Fsp3) is 0.250. The van der Waals surface area contributed by atoms with Crippen molar-refractivity contribution in [1.29, 1.82) is 0 Å². The summed E-state index contributed by atoms with van der Waals surface area (Å²) in [4.78, 5) is 10.9. The molecule has 0 aliphatic carbocycles. The zero-order valence-corrected chi connectivity index (χ0v) is 12.2. The smallest absolute Gasteiger partial charge is 0.303 e. The highest BCUT2D eigenvalue weighted by molar-refractivity contribution is 8.15. The lowest BCUT2D eigenvalue weighted by molar-refractivity contribution is -0.138. The van der Waals surface area contributed by atoms with Crippen LogP contribution in [0.4, 0.5) is 13.2 Å². The maximum Gasteiger partial charge on any atom is 0.416 e. The first-order chi connectivity index (χ1) is 9.79. The zero-order valence-electron chi connectivity index (χ0n) is 10.7. The largest absolute Gasteiger partial charge is 0.416 e. The van der Waals surface area contributed by atoms with Crippen molar-refractivity contribution in [3.8, 4) is 0 Å². The van der Waals surface area contributed by atoms with Crippen molar-refractivity contribution in [2.24, 2.45) is 10.2 Å². The monoisotopic (exact) mass is 335 g/mol. The molecule has 0 spiro atoms. The summed E-state index contributed by atoms with van der Waals surface area (Å²) >= 11 is 7.10. The molecule has 0 bridgehead atoms. The van der Waals surface area contributed by atoms with Crippen LogP contribution in [0.1, 0.15) is 16.7 Å². The van der Waals surface area contributed by atoms with Crippen LogP contribution in [0.5, 0.6) is 0 Å². The van der Waals surface area contributed by atoms with Crippen LogP contribution in [0.15, 0.2) is 22.3 Å². The van der Waals surface area contributed by atoms with Crippen LogP contribution in [-0.2, 0) is 11.0 Å². The Bertz CT molecular complexity index is 643. The Kier molecular flexibility index (Phi) is 4.58. The first-order valence-corrected chi connectivity index (χ1v) is 7.05. The summed E-state index contributed by atoms with van der Waals surface area (Å²) in [5, 5.41) is 10.2. The minimum absolute atomic E-state index is 0.0307. The molecule has 1 amide bonds. The van der Waals surface area contributed by atoms with Gasteiger partial charge in [-0.2, -0.15) is 18.3 Å². The third-order valence-corrected chi connectivity index (χ3v) is 4.02. The first kappa shape index (κ1) is 15.8. The molecular formula is C12H9ClF3N3OS. The molecule has 1 aliphatic heterocycles. The molecule has 9 heteroatoms. The summed E-state index contributed by atoms with van der Waals surface area (Å²) in [6.07, 6.45) is -3.21. The first-order valence-electron chi connectivity index (χ1n) is 5.69. The van der Waals surface area contributed by atoms with Crippen LogP contribution >= 0.6 is 23.4 Å². The number of hydrogen-bond donors (Lipinski definition) is 1. The van der Waals surface area contributed by atoms with Crippen molar-refractivity contribution in [2.75, 3.05) is 5.75 Å². The quantitative estimate of drug-likeness (QED) is 0.666. The number of carbonyl (C=O) groups is 1. The molecule has 1 saturated heterocycles. The molecule has 1 heterocycles. The summed E-state index contributed by atoms with van der Waals surface area (Å²) in [5.41, 5.74) is -0.528. The number of nitrogens with one attached hydrogen (secondary N) is 1. The van der Waals surface area contributed by atoms with E-state index in [1.165, 1.54) is 31.0 Å². The molecule has 0 radical (unpaired) electrons. The van der Waals surface area contributed by atoms with Crippen LogP contribution in [0.2, 0.25) is 5.02 Å². The van der Waals surface area contributed by atoms with E-state index in [1.807, 2.05) is 0 Å². The summed E-state index contributed by atoms with van der Waals surface area (Å²) in [6, 6.07) is 2.17. The standard InChI is InChI=1S/C12H9ClF3N3OS/c1-6-8(12(14,15)16)3-2-7(10(6)13)4-17-19-11-18-9(20)5-21-11/h2-4H,5H2,1H3,(H,18,19,20). The van der Waals surface area contributed by atoms with E-state index in [1.54, 1.807) is 0 Å². The SMILES string of the molecule is Cc1c(C(F)(F)F)ccc(C=NN=C2NC(=O)CS2)c1Cl. The van der Waals surface area contributed by atoms with E-state index in [4.69, 9.17) is 11.6 Å². The van der Waals surface area contributed by atoms with Gasteiger partial charge >= 0.3 is 6.18 Å². The summed E-state index contributed by atoms with van der Waals surface area (Å²) in [7, 11) is 0. The van der Waals surface area contributed by atoms with Gasteiger partial charge in [0.15, 0.2) is 5.17 Å². The van der Waals surface area contributed by atoms with Gasteiger partial charge < -0.3 is 5.32 Å². The molecule has 0 atom stereocenters.